The lowest BCUT2D eigenvalue weighted by atomic mass is 9.81. The third-order valence-corrected chi connectivity index (χ3v) is 5.28. The van der Waals surface area contributed by atoms with Crippen LogP contribution in [-0.4, -0.2) is 28.8 Å². The molecule has 128 valence electrons. The van der Waals surface area contributed by atoms with Crippen molar-refractivity contribution in [2.24, 2.45) is 10.8 Å². The quantitative estimate of drug-likeness (QED) is 0.633. The highest BCUT2D eigenvalue weighted by molar-refractivity contribution is 5.97. The molecule has 3 fully saturated rings. The fourth-order valence-electron chi connectivity index (χ4n) is 4.02. The van der Waals surface area contributed by atoms with Crippen LogP contribution in [0.15, 0.2) is 0 Å². The molecular weight excluding hydrogens is 300 g/mol. The van der Waals surface area contributed by atoms with E-state index in [1.807, 2.05) is 0 Å². The average Bonchev–Trinajstić information content (AvgIpc) is 3.14. The summed E-state index contributed by atoms with van der Waals surface area (Å²) in [4.78, 5) is 43.7. The molecular formula is C17H24O6. The number of hydrogen-bond acceptors (Lipinski definition) is 5. The maximum atomic E-state index is 11.2. The van der Waals surface area contributed by atoms with Crippen LogP contribution in [-0.2, 0) is 23.9 Å². The fourth-order valence-corrected chi connectivity index (χ4v) is 4.02. The van der Waals surface area contributed by atoms with Gasteiger partial charge in [0.15, 0.2) is 0 Å². The van der Waals surface area contributed by atoms with E-state index < -0.39 is 16.8 Å². The van der Waals surface area contributed by atoms with Gasteiger partial charge >= 0.3 is 17.9 Å². The predicted molar refractivity (Wildman–Crippen MR) is 80.5 cm³/mol. The molecule has 0 amide bonds. The first-order valence-electron chi connectivity index (χ1n) is 8.28. The average molecular weight is 324 g/mol. The van der Waals surface area contributed by atoms with Crippen molar-refractivity contribution in [1.29, 1.82) is 0 Å². The number of ether oxygens (including phenoxy) is 1. The van der Waals surface area contributed by atoms with E-state index in [4.69, 9.17) is 5.11 Å². The van der Waals surface area contributed by atoms with Gasteiger partial charge in [-0.1, -0.05) is 25.7 Å². The Kier molecular flexibility index (Phi) is 5.22. The summed E-state index contributed by atoms with van der Waals surface area (Å²) in [5, 5.41) is 8.96. The molecule has 1 spiro atoms. The van der Waals surface area contributed by atoms with Crippen LogP contribution in [0.5, 0.6) is 0 Å². The van der Waals surface area contributed by atoms with Gasteiger partial charge in [0, 0.05) is 6.42 Å². The normalized spacial score (nSPS) is 24.2. The summed E-state index contributed by atoms with van der Waals surface area (Å²) in [5.74, 6) is -1.42. The number of rotatable bonds is 3. The van der Waals surface area contributed by atoms with Crippen LogP contribution in [0.25, 0.3) is 0 Å². The van der Waals surface area contributed by atoms with E-state index in [-0.39, 0.29) is 24.1 Å². The predicted octanol–water partition coefficient (Wildman–Crippen LogP) is 2.63. The summed E-state index contributed by atoms with van der Waals surface area (Å²) >= 11 is 0. The molecule has 23 heavy (non-hydrogen) atoms. The number of carbonyl (C=O) groups excluding carboxylic acids is 3. The Labute approximate surface area is 135 Å². The van der Waals surface area contributed by atoms with Crippen molar-refractivity contribution in [2.45, 2.75) is 71.1 Å². The number of carboxylic acid groups (broad SMARTS) is 1. The van der Waals surface area contributed by atoms with E-state index in [2.05, 4.69) is 4.74 Å². The lowest BCUT2D eigenvalue weighted by Crippen LogP contribution is -2.29. The summed E-state index contributed by atoms with van der Waals surface area (Å²) in [6.07, 6.45) is 7.57. The molecule has 1 N–H and O–H groups in total. The minimum absolute atomic E-state index is 0.0145. The van der Waals surface area contributed by atoms with E-state index in [0.717, 1.165) is 38.5 Å². The van der Waals surface area contributed by atoms with Crippen LogP contribution in [0.4, 0.5) is 0 Å². The number of cyclic esters (lactones) is 2. The highest BCUT2D eigenvalue weighted by atomic mass is 16.6. The summed E-state index contributed by atoms with van der Waals surface area (Å²) in [5.41, 5.74) is -1.11. The van der Waals surface area contributed by atoms with E-state index in [0.29, 0.717) is 19.3 Å². The molecule has 0 unspecified atom stereocenters. The van der Waals surface area contributed by atoms with Crippen LogP contribution >= 0.6 is 0 Å². The SMILES string of the molecule is CC(=O)CC1(C(=O)O)CCCC1.O=C1CC2(CCCC2)C(=O)O1. The van der Waals surface area contributed by atoms with Crippen molar-refractivity contribution in [3.8, 4) is 0 Å². The molecule has 6 heteroatoms. The minimum atomic E-state index is -0.796. The third-order valence-electron chi connectivity index (χ3n) is 5.28. The number of carboxylic acids is 1. The zero-order valence-electron chi connectivity index (χ0n) is 13.6. The Morgan fingerprint density at radius 3 is 1.96 bits per heavy atom. The molecule has 0 atom stereocenters. The molecule has 0 aromatic heterocycles. The Morgan fingerprint density at radius 2 is 1.57 bits per heavy atom. The Hall–Kier alpha value is -1.72. The second kappa shape index (κ2) is 6.81. The van der Waals surface area contributed by atoms with Crippen molar-refractivity contribution < 1.29 is 29.0 Å². The molecule has 0 aromatic rings. The topological polar surface area (TPSA) is 97.7 Å². The lowest BCUT2D eigenvalue weighted by Gasteiger charge is -2.21. The van der Waals surface area contributed by atoms with Crippen molar-refractivity contribution in [3.63, 3.8) is 0 Å². The van der Waals surface area contributed by atoms with Gasteiger partial charge in [-0.05, 0) is 32.6 Å². The molecule has 0 bridgehead atoms. The monoisotopic (exact) mass is 324 g/mol. The number of hydrogen-bond donors (Lipinski definition) is 1. The first-order chi connectivity index (χ1) is 10.8. The van der Waals surface area contributed by atoms with Crippen molar-refractivity contribution in [1.82, 2.24) is 0 Å². The number of carbonyl (C=O) groups is 4. The molecule has 1 saturated heterocycles. The second-order valence-corrected chi connectivity index (χ2v) is 7.10. The maximum absolute atomic E-state index is 11.2. The molecule has 6 nitrogen and oxygen atoms in total. The van der Waals surface area contributed by atoms with E-state index >= 15 is 0 Å². The van der Waals surface area contributed by atoms with Gasteiger partial charge in [0.25, 0.3) is 0 Å². The molecule has 2 saturated carbocycles. The number of aliphatic carboxylic acids is 1. The number of Topliss-reactive ketones (excluding diaryl/α,β-unsaturated/α-hetero) is 1. The molecule has 0 aromatic carbocycles. The van der Waals surface area contributed by atoms with Crippen LogP contribution in [0.1, 0.15) is 71.1 Å². The molecule has 0 radical (unpaired) electrons. The fraction of sp³-hybridized carbons (Fsp3) is 0.765. The van der Waals surface area contributed by atoms with Crippen LogP contribution < -0.4 is 0 Å². The largest absolute Gasteiger partial charge is 0.481 e. The molecule has 1 aliphatic heterocycles. The van der Waals surface area contributed by atoms with E-state index in [1.165, 1.54) is 6.92 Å². The highest BCUT2D eigenvalue weighted by Crippen LogP contribution is 2.45. The van der Waals surface area contributed by atoms with Crippen molar-refractivity contribution in [3.05, 3.63) is 0 Å². The van der Waals surface area contributed by atoms with Gasteiger partial charge in [-0.2, -0.15) is 0 Å². The minimum Gasteiger partial charge on any atom is -0.481 e. The van der Waals surface area contributed by atoms with E-state index in [1.54, 1.807) is 0 Å². The zero-order chi connectivity index (χ0) is 17.1. The van der Waals surface area contributed by atoms with Gasteiger partial charge < -0.3 is 9.84 Å². The number of esters is 2. The molecule has 3 aliphatic rings. The van der Waals surface area contributed by atoms with Gasteiger partial charge in [-0.15, -0.1) is 0 Å². The Balaban J connectivity index is 0.000000167. The van der Waals surface area contributed by atoms with Gasteiger partial charge in [0.2, 0.25) is 0 Å². The first kappa shape index (κ1) is 17.6. The van der Waals surface area contributed by atoms with Crippen LogP contribution in [0.2, 0.25) is 0 Å². The highest BCUT2D eigenvalue weighted by Gasteiger charge is 2.50. The standard InChI is InChI=1S/C9H14O3.C8H10O3/c1-7(10)6-9(8(11)12)4-2-3-5-9;9-6-5-8(7(10)11-6)3-1-2-4-8/h2-6H2,1H3,(H,11,12);1-5H2. The third kappa shape index (κ3) is 3.79. The summed E-state index contributed by atoms with van der Waals surface area (Å²) in [6, 6.07) is 0. The van der Waals surface area contributed by atoms with Gasteiger partial charge in [-0.3, -0.25) is 19.2 Å². The number of ketones is 1. The molecule has 3 rings (SSSR count). The molecule has 1 heterocycles. The summed E-state index contributed by atoms with van der Waals surface area (Å²) < 4.78 is 4.52. The van der Waals surface area contributed by atoms with Crippen LogP contribution in [0, 0.1) is 10.8 Å². The van der Waals surface area contributed by atoms with Gasteiger partial charge in [0.1, 0.15) is 5.78 Å². The zero-order valence-corrected chi connectivity index (χ0v) is 13.6. The second-order valence-electron chi connectivity index (χ2n) is 7.10. The Bertz CT molecular complexity index is 509. The Morgan fingerprint density at radius 1 is 1.04 bits per heavy atom. The van der Waals surface area contributed by atoms with Crippen molar-refractivity contribution in [2.75, 3.05) is 0 Å². The summed E-state index contributed by atoms with van der Waals surface area (Å²) in [6.45, 7) is 1.46. The summed E-state index contributed by atoms with van der Waals surface area (Å²) in [7, 11) is 0. The van der Waals surface area contributed by atoms with Gasteiger partial charge in [0.05, 0.1) is 17.3 Å². The molecule has 2 aliphatic carbocycles. The van der Waals surface area contributed by atoms with Crippen LogP contribution in [0.3, 0.4) is 0 Å². The van der Waals surface area contributed by atoms with Crippen molar-refractivity contribution >= 4 is 23.7 Å². The van der Waals surface area contributed by atoms with E-state index in [9.17, 15) is 19.2 Å². The van der Waals surface area contributed by atoms with Gasteiger partial charge in [-0.25, -0.2) is 0 Å². The smallest absolute Gasteiger partial charge is 0.320 e. The lowest BCUT2D eigenvalue weighted by molar-refractivity contribution is -0.155. The maximum Gasteiger partial charge on any atom is 0.320 e. The first-order valence-corrected chi connectivity index (χ1v) is 8.28.